The zero-order valence-corrected chi connectivity index (χ0v) is 12.9. The van der Waals surface area contributed by atoms with Gasteiger partial charge in [0, 0.05) is 18.0 Å². The summed E-state index contributed by atoms with van der Waals surface area (Å²) >= 11 is 0. The molecule has 1 aromatic carbocycles. The van der Waals surface area contributed by atoms with Gasteiger partial charge in [0.2, 0.25) is 6.79 Å². The number of hydrogen-bond donors (Lipinski definition) is 1. The number of nitrogens with two attached hydrogens (primary N) is 1. The van der Waals surface area contributed by atoms with Crippen molar-refractivity contribution in [2.75, 3.05) is 12.5 Å². The third-order valence-electron chi connectivity index (χ3n) is 4.28. The van der Waals surface area contributed by atoms with Crippen LogP contribution in [0.3, 0.4) is 0 Å². The second kappa shape index (κ2) is 4.69. The Morgan fingerprint density at radius 2 is 2.00 bits per heavy atom. The molecule has 3 rings (SSSR count). The summed E-state index contributed by atoms with van der Waals surface area (Å²) in [6.45, 7) is 6.80. The quantitative estimate of drug-likeness (QED) is 0.942. The molecule has 0 bridgehead atoms. The van der Waals surface area contributed by atoms with E-state index in [0.29, 0.717) is 5.82 Å². The van der Waals surface area contributed by atoms with Gasteiger partial charge in [-0.15, -0.1) is 0 Å². The number of aryl methyl sites for hydroxylation is 1. The summed E-state index contributed by atoms with van der Waals surface area (Å²) in [6.07, 6.45) is 0.987. The molecule has 0 atom stereocenters. The van der Waals surface area contributed by atoms with Crippen LogP contribution < -0.4 is 15.2 Å². The Morgan fingerprint density at radius 1 is 1.29 bits per heavy atom. The zero-order valence-electron chi connectivity index (χ0n) is 12.9. The number of rotatable bonds is 3. The van der Waals surface area contributed by atoms with Crippen molar-refractivity contribution < 1.29 is 9.47 Å². The first-order valence-electron chi connectivity index (χ1n) is 7.17. The Kier molecular flexibility index (Phi) is 3.08. The molecule has 1 aliphatic rings. The summed E-state index contributed by atoms with van der Waals surface area (Å²) in [5.74, 6) is 2.21. The van der Waals surface area contributed by atoms with E-state index in [4.69, 9.17) is 15.2 Å². The molecule has 5 heteroatoms. The molecule has 2 aromatic rings. The molecule has 21 heavy (non-hydrogen) atoms. The molecule has 2 heterocycles. The van der Waals surface area contributed by atoms with Crippen molar-refractivity contribution in [3.8, 4) is 22.6 Å². The van der Waals surface area contributed by atoms with Gasteiger partial charge in [-0.05, 0) is 24.1 Å². The van der Waals surface area contributed by atoms with Gasteiger partial charge in [-0.25, -0.2) is 0 Å². The first-order chi connectivity index (χ1) is 9.94. The Morgan fingerprint density at radius 3 is 2.71 bits per heavy atom. The van der Waals surface area contributed by atoms with Crippen LogP contribution in [0.2, 0.25) is 0 Å². The minimum absolute atomic E-state index is 0.0406. The van der Waals surface area contributed by atoms with E-state index in [2.05, 4.69) is 25.9 Å². The summed E-state index contributed by atoms with van der Waals surface area (Å²) in [4.78, 5) is 0. The normalized spacial score (nSPS) is 13.7. The number of aromatic nitrogens is 2. The highest BCUT2D eigenvalue weighted by molar-refractivity contribution is 5.79. The first kappa shape index (κ1) is 13.8. The Hall–Kier alpha value is -2.17. The molecule has 1 aromatic heterocycles. The minimum atomic E-state index is -0.0406. The summed E-state index contributed by atoms with van der Waals surface area (Å²) in [6, 6.07) is 5.91. The maximum atomic E-state index is 6.26. The topological polar surface area (TPSA) is 62.3 Å². The Balaban J connectivity index is 2.18. The maximum Gasteiger partial charge on any atom is 0.231 e. The molecular formula is C16H21N3O2. The van der Waals surface area contributed by atoms with Crippen LogP contribution in [0.25, 0.3) is 11.1 Å². The van der Waals surface area contributed by atoms with Gasteiger partial charge >= 0.3 is 0 Å². The van der Waals surface area contributed by atoms with Crippen LogP contribution in [-0.2, 0) is 12.5 Å². The van der Waals surface area contributed by atoms with E-state index < -0.39 is 0 Å². The number of nitrogen functional groups attached to an aromatic ring is 1. The fraction of sp³-hybridized carbons (Fsp3) is 0.438. The number of benzene rings is 1. The third-order valence-corrected chi connectivity index (χ3v) is 4.28. The predicted molar refractivity (Wildman–Crippen MR) is 82.5 cm³/mol. The summed E-state index contributed by atoms with van der Waals surface area (Å²) < 4.78 is 12.6. The van der Waals surface area contributed by atoms with E-state index in [1.165, 1.54) is 0 Å². The third kappa shape index (κ3) is 2.13. The molecule has 1 aliphatic heterocycles. The molecule has 0 aliphatic carbocycles. The lowest BCUT2D eigenvalue weighted by Crippen LogP contribution is -2.17. The van der Waals surface area contributed by atoms with Crippen molar-refractivity contribution in [1.29, 1.82) is 0 Å². The average molecular weight is 287 g/mol. The molecule has 112 valence electrons. The standard InChI is InChI=1S/C16H21N3O2/c1-5-16(2,3)14-13(15(17)19(4)18-14)10-6-7-11-12(8-10)21-9-20-11/h6-8H,5,9,17H2,1-4H3. The molecule has 0 spiro atoms. The molecule has 0 unspecified atom stereocenters. The highest BCUT2D eigenvalue weighted by Crippen LogP contribution is 2.42. The summed E-state index contributed by atoms with van der Waals surface area (Å²) in [5.41, 5.74) is 9.24. The van der Waals surface area contributed by atoms with Gasteiger partial charge in [-0.2, -0.15) is 5.10 Å². The zero-order chi connectivity index (χ0) is 15.2. The highest BCUT2D eigenvalue weighted by atomic mass is 16.7. The van der Waals surface area contributed by atoms with E-state index in [1.807, 2.05) is 25.2 Å². The van der Waals surface area contributed by atoms with Gasteiger partial charge in [0.1, 0.15) is 5.82 Å². The lowest BCUT2D eigenvalue weighted by atomic mass is 9.83. The Labute approximate surface area is 124 Å². The average Bonchev–Trinajstić information content (AvgIpc) is 3.04. The first-order valence-corrected chi connectivity index (χ1v) is 7.17. The Bertz CT molecular complexity index is 689. The second-order valence-corrected chi connectivity index (χ2v) is 6.04. The number of fused-ring (bicyclic) bond motifs is 1. The van der Waals surface area contributed by atoms with E-state index in [1.54, 1.807) is 4.68 Å². The molecule has 0 saturated carbocycles. The fourth-order valence-electron chi connectivity index (χ4n) is 2.51. The van der Waals surface area contributed by atoms with Crippen molar-refractivity contribution >= 4 is 5.82 Å². The van der Waals surface area contributed by atoms with E-state index in [9.17, 15) is 0 Å². The smallest absolute Gasteiger partial charge is 0.231 e. The largest absolute Gasteiger partial charge is 0.454 e. The van der Waals surface area contributed by atoms with Crippen LogP contribution in [0.4, 0.5) is 5.82 Å². The molecule has 0 amide bonds. The lowest BCUT2D eigenvalue weighted by Gasteiger charge is -2.22. The van der Waals surface area contributed by atoms with Gasteiger partial charge in [0.05, 0.1) is 5.69 Å². The second-order valence-electron chi connectivity index (χ2n) is 6.04. The molecule has 0 fully saturated rings. The lowest BCUT2D eigenvalue weighted by molar-refractivity contribution is 0.174. The SMILES string of the molecule is CCC(C)(C)c1nn(C)c(N)c1-c1ccc2c(c1)OCO2. The molecule has 5 nitrogen and oxygen atoms in total. The fourth-order valence-corrected chi connectivity index (χ4v) is 2.51. The van der Waals surface area contributed by atoms with Crippen molar-refractivity contribution in [3.05, 3.63) is 23.9 Å². The van der Waals surface area contributed by atoms with Crippen LogP contribution in [0.15, 0.2) is 18.2 Å². The van der Waals surface area contributed by atoms with Crippen molar-refractivity contribution in [1.82, 2.24) is 9.78 Å². The number of ether oxygens (including phenoxy) is 2. The highest BCUT2D eigenvalue weighted by Gasteiger charge is 2.29. The van der Waals surface area contributed by atoms with Crippen LogP contribution in [0, 0.1) is 0 Å². The van der Waals surface area contributed by atoms with Gasteiger partial charge < -0.3 is 15.2 Å². The van der Waals surface area contributed by atoms with Crippen molar-refractivity contribution in [2.24, 2.45) is 7.05 Å². The van der Waals surface area contributed by atoms with Crippen molar-refractivity contribution in [3.63, 3.8) is 0 Å². The minimum Gasteiger partial charge on any atom is -0.454 e. The predicted octanol–water partition coefficient (Wildman–Crippen LogP) is 3.09. The molecule has 0 radical (unpaired) electrons. The van der Waals surface area contributed by atoms with E-state index >= 15 is 0 Å². The summed E-state index contributed by atoms with van der Waals surface area (Å²) in [5, 5.41) is 4.64. The van der Waals surface area contributed by atoms with Crippen LogP contribution in [0.1, 0.15) is 32.9 Å². The molecule has 0 saturated heterocycles. The molecule has 2 N–H and O–H groups in total. The van der Waals surface area contributed by atoms with Crippen LogP contribution >= 0.6 is 0 Å². The van der Waals surface area contributed by atoms with Gasteiger partial charge in [0.25, 0.3) is 0 Å². The van der Waals surface area contributed by atoms with E-state index in [-0.39, 0.29) is 12.2 Å². The number of nitrogens with zero attached hydrogens (tertiary/aromatic N) is 2. The van der Waals surface area contributed by atoms with Crippen LogP contribution in [-0.4, -0.2) is 16.6 Å². The van der Waals surface area contributed by atoms with Crippen LogP contribution in [0.5, 0.6) is 11.5 Å². The van der Waals surface area contributed by atoms with Gasteiger partial charge in [0.15, 0.2) is 11.5 Å². The monoisotopic (exact) mass is 287 g/mol. The van der Waals surface area contributed by atoms with E-state index in [0.717, 1.165) is 34.7 Å². The van der Waals surface area contributed by atoms with Gasteiger partial charge in [-0.3, -0.25) is 4.68 Å². The molecular weight excluding hydrogens is 266 g/mol. The number of anilines is 1. The number of hydrogen-bond acceptors (Lipinski definition) is 4. The van der Waals surface area contributed by atoms with Gasteiger partial charge in [-0.1, -0.05) is 26.8 Å². The maximum absolute atomic E-state index is 6.26. The van der Waals surface area contributed by atoms with Crippen molar-refractivity contribution in [2.45, 2.75) is 32.6 Å². The summed E-state index contributed by atoms with van der Waals surface area (Å²) in [7, 11) is 1.88.